The smallest absolute Gasteiger partial charge is 0.316 e. The van der Waals surface area contributed by atoms with E-state index < -0.39 is 11.4 Å². The van der Waals surface area contributed by atoms with Gasteiger partial charge < -0.3 is 4.74 Å². The van der Waals surface area contributed by atoms with E-state index in [1.165, 1.54) is 6.08 Å². The zero-order valence-corrected chi connectivity index (χ0v) is 10.3. The molecule has 1 rings (SSSR count). The van der Waals surface area contributed by atoms with Crippen molar-refractivity contribution in [3.63, 3.8) is 0 Å². The zero-order chi connectivity index (χ0) is 12.9. The number of hydrogen-bond donors (Lipinski definition) is 0. The molecule has 0 fully saturated rings. The fraction of sp³-hybridized carbons (Fsp3) is 0.286. The summed E-state index contributed by atoms with van der Waals surface area (Å²) in [4.78, 5) is 22.4. The Morgan fingerprint density at radius 1 is 1.18 bits per heavy atom. The third-order valence-electron chi connectivity index (χ3n) is 2.05. The van der Waals surface area contributed by atoms with E-state index in [0.29, 0.717) is 6.29 Å². The van der Waals surface area contributed by atoms with Crippen molar-refractivity contribution < 1.29 is 14.3 Å². The van der Waals surface area contributed by atoms with Gasteiger partial charge in [0.1, 0.15) is 0 Å². The molecule has 90 valence electrons. The van der Waals surface area contributed by atoms with Gasteiger partial charge in [-0.1, -0.05) is 30.3 Å². The topological polar surface area (TPSA) is 43.4 Å². The average molecular weight is 232 g/mol. The summed E-state index contributed by atoms with van der Waals surface area (Å²) in [5.41, 5.74) is 0.190. The van der Waals surface area contributed by atoms with Crippen LogP contribution in [0.25, 0.3) is 6.08 Å². The molecule has 0 bridgehead atoms. The van der Waals surface area contributed by atoms with Gasteiger partial charge in [0.05, 0.1) is 5.41 Å². The second-order valence-electron chi connectivity index (χ2n) is 4.71. The van der Waals surface area contributed by atoms with Gasteiger partial charge in [-0.25, -0.2) is 0 Å². The lowest BCUT2D eigenvalue weighted by Gasteiger charge is -2.15. The molecular formula is C14H16O3. The van der Waals surface area contributed by atoms with Crippen LogP contribution in [0.2, 0.25) is 0 Å². The summed E-state index contributed by atoms with van der Waals surface area (Å²) in [6, 6.07) is 9.22. The molecule has 0 amide bonds. The van der Waals surface area contributed by atoms with Crippen molar-refractivity contribution in [3.05, 3.63) is 41.7 Å². The molecule has 0 unspecified atom stereocenters. The van der Waals surface area contributed by atoms with Gasteiger partial charge in [-0.3, -0.25) is 9.59 Å². The number of ether oxygens (including phenoxy) is 1. The maximum atomic E-state index is 11.6. The first kappa shape index (κ1) is 13.2. The highest BCUT2D eigenvalue weighted by Gasteiger charge is 2.24. The van der Waals surface area contributed by atoms with Crippen molar-refractivity contribution in [2.75, 3.05) is 0 Å². The molecule has 1 aromatic rings. The van der Waals surface area contributed by atoms with Crippen molar-refractivity contribution in [1.29, 1.82) is 0 Å². The van der Waals surface area contributed by atoms with Crippen LogP contribution < -0.4 is 0 Å². The normalized spacial score (nSPS) is 12.1. The lowest BCUT2D eigenvalue weighted by molar-refractivity contribution is -0.149. The maximum absolute atomic E-state index is 11.6. The van der Waals surface area contributed by atoms with Crippen molar-refractivity contribution >= 4 is 18.3 Å². The number of carbonyl (C=O) groups excluding carboxylic acids is 2. The molecule has 0 saturated carbocycles. The highest BCUT2D eigenvalue weighted by atomic mass is 16.5. The van der Waals surface area contributed by atoms with Crippen molar-refractivity contribution in [3.8, 4) is 0 Å². The molecule has 0 heterocycles. The van der Waals surface area contributed by atoms with Crippen LogP contribution in [0.1, 0.15) is 26.3 Å². The second kappa shape index (κ2) is 5.43. The number of hydrogen-bond acceptors (Lipinski definition) is 3. The summed E-state index contributed by atoms with van der Waals surface area (Å²) in [6.45, 7) is 5.21. The Hall–Kier alpha value is -1.90. The predicted octanol–water partition coefficient (Wildman–Crippen LogP) is 2.82. The van der Waals surface area contributed by atoms with Gasteiger partial charge in [0.2, 0.25) is 0 Å². The number of benzene rings is 1. The van der Waals surface area contributed by atoms with E-state index in [1.807, 2.05) is 30.3 Å². The lowest BCUT2D eigenvalue weighted by Crippen LogP contribution is -2.22. The highest BCUT2D eigenvalue weighted by Crippen LogP contribution is 2.17. The minimum absolute atomic E-state index is 0.0242. The monoisotopic (exact) mass is 232 g/mol. The molecule has 0 saturated heterocycles. The average Bonchev–Trinajstić information content (AvgIpc) is 2.28. The summed E-state index contributed by atoms with van der Waals surface area (Å²) in [5.74, 6) is -0.400. The lowest BCUT2D eigenvalue weighted by atomic mass is 9.97. The van der Waals surface area contributed by atoms with E-state index in [9.17, 15) is 9.59 Å². The Balaban J connectivity index is 2.84. The van der Waals surface area contributed by atoms with Gasteiger partial charge in [0, 0.05) is 0 Å². The number of esters is 1. The van der Waals surface area contributed by atoms with E-state index >= 15 is 0 Å². The van der Waals surface area contributed by atoms with Gasteiger partial charge >= 0.3 is 5.97 Å². The molecule has 0 aliphatic carbocycles. The summed E-state index contributed by atoms with van der Waals surface area (Å²) >= 11 is 0. The molecule has 1 aromatic carbocycles. The molecule has 0 aromatic heterocycles. The Kier molecular flexibility index (Phi) is 4.21. The van der Waals surface area contributed by atoms with Crippen LogP contribution in [0.4, 0.5) is 0 Å². The highest BCUT2D eigenvalue weighted by molar-refractivity contribution is 5.86. The second-order valence-corrected chi connectivity index (χ2v) is 4.71. The van der Waals surface area contributed by atoms with Gasteiger partial charge in [-0.2, -0.15) is 0 Å². The zero-order valence-electron chi connectivity index (χ0n) is 10.3. The van der Waals surface area contributed by atoms with E-state index in [1.54, 1.807) is 20.8 Å². The summed E-state index contributed by atoms with van der Waals surface area (Å²) in [6.07, 6.45) is 2.08. The quantitative estimate of drug-likeness (QED) is 0.348. The Morgan fingerprint density at radius 2 is 1.76 bits per heavy atom. The van der Waals surface area contributed by atoms with Crippen LogP contribution in [-0.2, 0) is 14.3 Å². The third kappa shape index (κ3) is 4.23. The Bertz CT molecular complexity index is 425. The van der Waals surface area contributed by atoms with Gasteiger partial charge in [0.25, 0.3) is 0 Å². The molecule has 0 spiro atoms. The molecule has 3 nitrogen and oxygen atoms in total. The van der Waals surface area contributed by atoms with Crippen LogP contribution in [0.15, 0.2) is 36.1 Å². The summed E-state index contributed by atoms with van der Waals surface area (Å²) in [7, 11) is 0. The number of rotatable bonds is 3. The van der Waals surface area contributed by atoms with Crippen LogP contribution in [0.5, 0.6) is 0 Å². The fourth-order valence-corrected chi connectivity index (χ4v) is 1.06. The maximum Gasteiger partial charge on any atom is 0.316 e. The van der Waals surface area contributed by atoms with Gasteiger partial charge in [-0.15, -0.1) is 0 Å². The number of allylic oxidation sites excluding steroid dienone is 1. The van der Waals surface area contributed by atoms with Crippen molar-refractivity contribution in [1.82, 2.24) is 0 Å². The summed E-state index contributed by atoms with van der Waals surface area (Å²) < 4.78 is 5.02. The van der Waals surface area contributed by atoms with E-state index in [0.717, 1.165) is 5.56 Å². The van der Waals surface area contributed by atoms with E-state index in [4.69, 9.17) is 4.74 Å². The molecule has 0 N–H and O–H groups in total. The minimum Gasteiger partial charge on any atom is -0.423 e. The van der Waals surface area contributed by atoms with E-state index in [-0.39, 0.29) is 5.76 Å². The number of aldehydes is 1. The minimum atomic E-state index is -0.626. The largest absolute Gasteiger partial charge is 0.423 e. The molecule has 0 aliphatic heterocycles. The van der Waals surface area contributed by atoms with Crippen LogP contribution in [0.3, 0.4) is 0 Å². The summed E-state index contributed by atoms with van der Waals surface area (Å²) in [5, 5.41) is 0. The van der Waals surface area contributed by atoms with E-state index in [2.05, 4.69) is 0 Å². The third-order valence-corrected chi connectivity index (χ3v) is 2.05. The first-order valence-electron chi connectivity index (χ1n) is 5.37. The van der Waals surface area contributed by atoms with Crippen LogP contribution in [0, 0.1) is 5.41 Å². The molecular weight excluding hydrogens is 216 g/mol. The van der Waals surface area contributed by atoms with Crippen molar-refractivity contribution in [2.24, 2.45) is 5.41 Å². The first-order valence-corrected chi connectivity index (χ1v) is 5.37. The standard InChI is InChI=1S/C14H16O3/c1-14(2,3)13(16)17-12(10-15)9-11-7-5-4-6-8-11/h4-10H,1-3H3/b12-9+. The predicted molar refractivity (Wildman–Crippen MR) is 66.0 cm³/mol. The molecule has 0 radical (unpaired) electrons. The fourth-order valence-electron chi connectivity index (χ4n) is 1.06. The van der Waals surface area contributed by atoms with Gasteiger partial charge in [-0.05, 0) is 32.4 Å². The molecule has 17 heavy (non-hydrogen) atoms. The van der Waals surface area contributed by atoms with Crippen LogP contribution in [-0.4, -0.2) is 12.3 Å². The first-order chi connectivity index (χ1) is 7.93. The molecule has 0 atom stereocenters. The Labute approximate surface area is 101 Å². The molecule has 3 heteroatoms. The van der Waals surface area contributed by atoms with Crippen LogP contribution >= 0.6 is 0 Å². The number of carbonyl (C=O) groups is 2. The van der Waals surface area contributed by atoms with Crippen molar-refractivity contribution in [2.45, 2.75) is 20.8 Å². The molecule has 0 aliphatic rings. The van der Waals surface area contributed by atoms with Gasteiger partial charge in [0.15, 0.2) is 12.0 Å². The Morgan fingerprint density at radius 3 is 2.24 bits per heavy atom. The SMILES string of the molecule is CC(C)(C)C(=O)O/C(C=O)=C/c1ccccc1.